The van der Waals surface area contributed by atoms with Gasteiger partial charge in [0.15, 0.2) is 0 Å². The lowest BCUT2D eigenvalue weighted by molar-refractivity contribution is 1.13. The first-order chi connectivity index (χ1) is 5.30. The van der Waals surface area contributed by atoms with Crippen molar-refractivity contribution in [2.24, 2.45) is 0 Å². The van der Waals surface area contributed by atoms with E-state index in [1.165, 1.54) is 0 Å². The van der Waals surface area contributed by atoms with Gasteiger partial charge in [-0.3, -0.25) is 0 Å². The number of rotatable bonds is 1. The van der Waals surface area contributed by atoms with Crippen molar-refractivity contribution in [3.05, 3.63) is 35.9 Å². The summed E-state index contributed by atoms with van der Waals surface area (Å²) >= 11 is 0. The molecule has 46 valence electrons. The molecular weight excluding hydrogens is 108 g/mol. The molecule has 0 saturated heterocycles. The molecule has 0 aromatic heterocycles. The molecule has 0 N–H and O–H groups in total. The molecular formula is C9H10. The first-order valence-electron chi connectivity index (χ1n) is 4.35. The van der Waals surface area contributed by atoms with E-state index in [1.54, 1.807) is 0 Å². The van der Waals surface area contributed by atoms with Gasteiger partial charge in [0, 0.05) is 2.74 Å². The van der Waals surface area contributed by atoms with Gasteiger partial charge in [0.1, 0.15) is 0 Å². The Morgan fingerprint density at radius 3 is 2.44 bits per heavy atom. The molecule has 1 aromatic carbocycles. The molecule has 9 heavy (non-hydrogen) atoms. The minimum Gasteiger partial charge on any atom is -0.0622 e. The average molecular weight is 120 g/mol. The second-order valence-corrected chi connectivity index (χ2v) is 2.32. The average Bonchev–Trinajstić information content (AvgIpc) is 2.62. The van der Waals surface area contributed by atoms with Crippen molar-refractivity contribution in [2.45, 2.75) is 18.7 Å². The van der Waals surface area contributed by atoms with Gasteiger partial charge in [-0.15, -0.1) is 0 Å². The van der Waals surface area contributed by atoms with Crippen LogP contribution in [0, 0.1) is 0 Å². The van der Waals surface area contributed by atoms with E-state index in [-0.39, 0.29) is 18.7 Å². The van der Waals surface area contributed by atoms with Gasteiger partial charge in [-0.05, 0) is 24.3 Å². The summed E-state index contributed by atoms with van der Waals surface area (Å²) in [6.07, 6.45) is -0.366. The van der Waals surface area contributed by atoms with Gasteiger partial charge in [0.25, 0.3) is 0 Å². The number of hydrogen-bond donors (Lipinski definition) is 0. The Labute approximate surface area is 58.3 Å². The van der Waals surface area contributed by atoms with Crippen molar-refractivity contribution < 1.29 is 2.74 Å². The van der Waals surface area contributed by atoms with Gasteiger partial charge >= 0.3 is 0 Å². The van der Waals surface area contributed by atoms with Crippen molar-refractivity contribution in [1.82, 2.24) is 0 Å². The Morgan fingerprint density at radius 2 is 1.89 bits per heavy atom. The molecule has 0 heteroatoms. The fourth-order valence-electron chi connectivity index (χ4n) is 0.953. The lowest BCUT2D eigenvalue weighted by Gasteiger charge is -1.92. The molecule has 1 fully saturated rings. The summed E-state index contributed by atoms with van der Waals surface area (Å²) in [5.74, 6) is 0.177. The standard InChI is InChI=1S/C9H10/c1-2-4-8(5-3-1)9-6-7-9/h1-5,9H,6-7H2/i6D,7D/t6-,7-/m1/s1. The Morgan fingerprint density at radius 1 is 1.22 bits per heavy atom. The van der Waals surface area contributed by atoms with Crippen molar-refractivity contribution >= 4 is 0 Å². The Bertz CT molecular complexity index is 237. The third kappa shape index (κ3) is 0.973. The Kier molecular flexibility index (Phi) is 0.707. The monoisotopic (exact) mass is 120 g/mol. The van der Waals surface area contributed by atoms with Crippen LogP contribution in [0.15, 0.2) is 30.3 Å². The van der Waals surface area contributed by atoms with E-state index < -0.39 is 0 Å². The highest BCUT2D eigenvalue weighted by molar-refractivity contribution is 5.22. The van der Waals surface area contributed by atoms with Crippen LogP contribution in [-0.4, -0.2) is 0 Å². The lowest BCUT2D eigenvalue weighted by atomic mass is 10.1. The molecule has 0 aliphatic heterocycles. The van der Waals surface area contributed by atoms with Crippen LogP contribution in [0.25, 0.3) is 0 Å². The van der Waals surface area contributed by atoms with E-state index in [0.29, 0.717) is 0 Å². The van der Waals surface area contributed by atoms with Crippen LogP contribution in [0.5, 0.6) is 0 Å². The normalized spacial score (nSPS) is 43.3. The molecule has 1 aromatic rings. The van der Waals surface area contributed by atoms with E-state index in [9.17, 15) is 0 Å². The molecule has 0 unspecified atom stereocenters. The van der Waals surface area contributed by atoms with Crippen LogP contribution in [0.3, 0.4) is 0 Å². The number of hydrogen-bond acceptors (Lipinski definition) is 0. The maximum Gasteiger partial charge on any atom is 0.0273 e. The fraction of sp³-hybridized carbons (Fsp3) is 0.333. The van der Waals surface area contributed by atoms with E-state index in [0.717, 1.165) is 5.56 Å². The summed E-state index contributed by atoms with van der Waals surface area (Å²) in [6, 6.07) is 9.89. The van der Waals surface area contributed by atoms with Gasteiger partial charge < -0.3 is 0 Å². The largest absolute Gasteiger partial charge is 0.0622 e. The molecule has 0 radical (unpaired) electrons. The Balaban J connectivity index is 2.20. The maximum atomic E-state index is 7.41. The summed E-state index contributed by atoms with van der Waals surface area (Å²) in [6.45, 7) is 0. The second kappa shape index (κ2) is 1.87. The summed E-state index contributed by atoms with van der Waals surface area (Å²) in [5, 5.41) is 0. The predicted octanol–water partition coefficient (Wildman–Crippen LogP) is 2.56. The summed E-state index contributed by atoms with van der Waals surface area (Å²) in [5.41, 5.74) is 1.15. The van der Waals surface area contributed by atoms with Crippen LogP contribution < -0.4 is 0 Å². The summed E-state index contributed by atoms with van der Waals surface area (Å²) < 4.78 is 14.8. The third-order valence-corrected chi connectivity index (χ3v) is 1.57. The smallest absolute Gasteiger partial charge is 0.0273 e. The second-order valence-electron chi connectivity index (χ2n) is 2.32. The molecule has 1 aliphatic rings. The zero-order chi connectivity index (χ0) is 7.84. The van der Waals surface area contributed by atoms with Crippen molar-refractivity contribution in [3.63, 3.8) is 0 Å². The van der Waals surface area contributed by atoms with Crippen molar-refractivity contribution in [1.29, 1.82) is 0 Å². The van der Waals surface area contributed by atoms with Crippen LogP contribution >= 0.6 is 0 Å². The zero-order valence-electron chi connectivity index (χ0n) is 7.12. The van der Waals surface area contributed by atoms with E-state index in [1.807, 2.05) is 30.3 Å². The topological polar surface area (TPSA) is 0 Å². The predicted molar refractivity (Wildman–Crippen MR) is 38.4 cm³/mol. The van der Waals surface area contributed by atoms with Crippen LogP contribution in [-0.2, 0) is 0 Å². The highest BCUT2D eigenvalue weighted by Crippen LogP contribution is 2.39. The number of benzene rings is 1. The molecule has 0 bridgehead atoms. The third-order valence-electron chi connectivity index (χ3n) is 1.57. The fourth-order valence-corrected chi connectivity index (χ4v) is 0.953. The lowest BCUT2D eigenvalue weighted by Crippen LogP contribution is -1.73. The highest BCUT2D eigenvalue weighted by Gasteiger charge is 2.22. The highest BCUT2D eigenvalue weighted by atomic mass is 14.3. The van der Waals surface area contributed by atoms with Gasteiger partial charge in [-0.25, -0.2) is 0 Å². The van der Waals surface area contributed by atoms with E-state index >= 15 is 0 Å². The first kappa shape index (κ1) is 3.40. The minimum absolute atomic E-state index is 0.177. The van der Waals surface area contributed by atoms with Gasteiger partial charge in [0.05, 0.1) is 0 Å². The zero-order valence-corrected chi connectivity index (χ0v) is 5.12. The van der Waals surface area contributed by atoms with Gasteiger partial charge in [-0.2, -0.15) is 0 Å². The molecule has 0 amide bonds. The molecule has 1 aliphatic carbocycles. The van der Waals surface area contributed by atoms with E-state index in [4.69, 9.17) is 2.74 Å². The minimum atomic E-state index is -0.183. The Hall–Kier alpha value is -0.780. The van der Waals surface area contributed by atoms with Gasteiger partial charge in [-0.1, -0.05) is 30.3 Å². The van der Waals surface area contributed by atoms with Crippen LogP contribution in [0.4, 0.5) is 0 Å². The van der Waals surface area contributed by atoms with Crippen molar-refractivity contribution in [2.75, 3.05) is 0 Å². The summed E-state index contributed by atoms with van der Waals surface area (Å²) in [4.78, 5) is 0. The molecule has 0 nitrogen and oxygen atoms in total. The molecule has 0 spiro atoms. The first-order valence-corrected chi connectivity index (χ1v) is 3.20. The van der Waals surface area contributed by atoms with Crippen LogP contribution in [0.1, 0.15) is 27.0 Å². The maximum absolute atomic E-state index is 7.41. The quantitative estimate of drug-likeness (QED) is 0.534. The molecule has 2 atom stereocenters. The molecule has 0 heterocycles. The molecule has 1 saturated carbocycles. The van der Waals surface area contributed by atoms with Crippen LogP contribution in [0.2, 0.25) is 0 Å². The van der Waals surface area contributed by atoms with E-state index in [2.05, 4.69) is 0 Å². The van der Waals surface area contributed by atoms with Crippen molar-refractivity contribution in [3.8, 4) is 0 Å². The SMILES string of the molecule is [2H][C@H]1C(c2ccccc2)[C@@H]1[2H]. The molecule has 2 rings (SSSR count). The van der Waals surface area contributed by atoms with Gasteiger partial charge in [0.2, 0.25) is 0 Å². The summed E-state index contributed by atoms with van der Waals surface area (Å²) in [7, 11) is 0.